The average molecular weight is 251 g/mol. The molecular weight excluding hydrogens is 222 g/mol. The SMILES string of the molecule is CC1CN(CC2C3CCC(C3)C2N)CC(C)N1C. The van der Waals surface area contributed by atoms with E-state index in [9.17, 15) is 0 Å². The first-order valence-corrected chi connectivity index (χ1v) is 7.76. The maximum absolute atomic E-state index is 6.44. The Labute approximate surface area is 112 Å². The molecule has 0 aromatic rings. The molecule has 1 aliphatic heterocycles. The van der Waals surface area contributed by atoms with Crippen LogP contribution in [0, 0.1) is 17.8 Å². The molecule has 3 nitrogen and oxygen atoms in total. The van der Waals surface area contributed by atoms with Crippen LogP contribution in [-0.4, -0.2) is 54.6 Å². The lowest BCUT2D eigenvalue weighted by Gasteiger charge is -2.44. The number of likely N-dealkylation sites (N-methyl/N-ethyl adjacent to an activating group) is 1. The van der Waals surface area contributed by atoms with E-state index in [0.29, 0.717) is 18.1 Å². The molecule has 104 valence electrons. The first kappa shape index (κ1) is 12.9. The molecule has 18 heavy (non-hydrogen) atoms. The fraction of sp³-hybridized carbons (Fsp3) is 1.00. The second-order valence-electron chi connectivity index (χ2n) is 7.16. The molecule has 0 aromatic carbocycles. The number of rotatable bonds is 2. The molecule has 3 rings (SSSR count). The number of hydrogen-bond acceptors (Lipinski definition) is 3. The van der Waals surface area contributed by atoms with Crippen LogP contribution in [-0.2, 0) is 0 Å². The second-order valence-corrected chi connectivity index (χ2v) is 7.16. The van der Waals surface area contributed by atoms with E-state index >= 15 is 0 Å². The predicted molar refractivity (Wildman–Crippen MR) is 75.4 cm³/mol. The summed E-state index contributed by atoms with van der Waals surface area (Å²) in [6, 6.07) is 1.86. The van der Waals surface area contributed by atoms with Crippen molar-refractivity contribution in [1.82, 2.24) is 9.80 Å². The van der Waals surface area contributed by atoms with Gasteiger partial charge >= 0.3 is 0 Å². The highest BCUT2D eigenvalue weighted by atomic mass is 15.3. The summed E-state index contributed by atoms with van der Waals surface area (Å²) in [7, 11) is 2.26. The number of hydrogen-bond donors (Lipinski definition) is 1. The first-order chi connectivity index (χ1) is 8.56. The molecule has 3 heteroatoms. The Hall–Kier alpha value is -0.120. The van der Waals surface area contributed by atoms with E-state index in [1.54, 1.807) is 0 Å². The third-order valence-corrected chi connectivity index (χ3v) is 6.06. The minimum atomic E-state index is 0.494. The maximum Gasteiger partial charge on any atom is 0.0195 e. The van der Waals surface area contributed by atoms with Gasteiger partial charge in [0.05, 0.1) is 0 Å². The molecule has 2 aliphatic carbocycles. The molecule has 2 bridgehead atoms. The van der Waals surface area contributed by atoms with Crippen molar-refractivity contribution in [1.29, 1.82) is 0 Å². The van der Waals surface area contributed by atoms with Gasteiger partial charge < -0.3 is 5.73 Å². The Bertz CT molecular complexity index is 292. The Morgan fingerprint density at radius 3 is 2.22 bits per heavy atom. The lowest BCUT2D eigenvalue weighted by Crippen LogP contribution is -2.57. The third-order valence-electron chi connectivity index (χ3n) is 6.06. The summed E-state index contributed by atoms with van der Waals surface area (Å²) in [6.07, 6.45) is 4.27. The van der Waals surface area contributed by atoms with Crippen molar-refractivity contribution in [2.45, 2.75) is 51.2 Å². The molecule has 2 saturated carbocycles. The quantitative estimate of drug-likeness (QED) is 0.805. The molecule has 1 saturated heterocycles. The molecule has 1 heterocycles. The van der Waals surface area contributed by atoms with Crippen molar-refractivity contribution < 1.29 is 0 Å². The number of nitrogens with zero attached hydrogens (tertiary/aromatic N) is 2. The highest BCUT2D eigenvalue weighted by Crippen LogP contribution is 2.47. The van der Waals surface area contributed by atoms with Crippen LogP contribution in [0.4, 0.5) is 0 Å². The zero-order valence-corrected chi connectivity index (χ0v) is 12.2. The molecule has 0 spiro atoms. The summed E-state index contributed by atoms with van der Waals surface area (Å²) in [6.45, 7) is 8.40. The predicted octanol–water partition coefficient (Wildman–Crippen LogP) is 1.38. The van der Waals surface area contributed by atoms with E-state index in [0.717, 1.165) is 17.8 Å². The molecule has 3 fully saturated rings. The highest BCUT2D eigenvalue weighted by Gasteiger charge is 2.46. The van der Waals surface area contributed by atoms with Crippen LogP contribution in [0.2, 0.25) is 0 Å². The fourth-order valence-corrected chi connectivity index (χ4v) is 4.69. The Morgan fingerprint density at radius 2 is 1.67 bits per heavy atom. The van der Waals surface area contributed by atoms with Gasteiger partial charge in [0.2, 0.25) is 0 Å². The van der Waals surface area contributed by atoms with Crippen molar-refractivity contribution in [3.8, 4) is 0 Å². The van der Waals surface area contributed by atoms with Crippen LogP contribution in [0.3, 0.4) is 0 Å². The van der Waals surface area contributed by atoms with Crippen LogP contribution in [0.15, 0.2) is 0 Å². The van der Waals surface area contributed by atoms with Gasteiger partial charge in [0.25, 0.3) is 0 Å². The Morgan fingerprint density at radius 1 is 1.06 bits per heavy atom. The van der Waals surface area contributed by atoms with Crippen molar-refractivity contribution >= 4 is 0 Å². The van der Waals surface area contributed by atoms with Gasteiger partial charge in [-0.05, 0) is 57.9 Å². The van der Waals surface area contributed by atoms with E-state index in [1.165, 1.54) is 38.9 Å². The van der Waals surface area contributed by atoms with E-state index in [4.69, 9.17) is 5.73 Å². The van der Waals surface area contributed by atoms with Gasteiger partial charge in [-0.3, -0.25) is 9.80 Å². The summed E-state index contributed by atoms with van der Waals surface area (Å²) in [4.78, 5) is 5.19. The van der Waals surface area contributed by atoms with Crippen LogP contribution >= 0.6 is 0 Å². The topological polar surface area (TPSA) is 32.5 Å². The highest BCUT2D eigenvalue weighted by molar-refractivity contribution is 5.00. The van der Waals surface area contributed by atoms with Gasteiger partial charge in [-0.1, -0.05) is 0 Å². The molecule has 0 aromatic heterocycles. The van der Waals surface area contributed by atoms with E-state index in [2.05, 4.69) is 30.7 Å². The van der Waals surface area contributed by atoms with Gasteiger partial charge in [-0.2, -0.15) is 0 Å². The minimum Gasteiger partial charge on any atom is -0.327 e. The smallest absolute Gasteiger partial charge is 0.0195 e. The van der Waals surface area contributed by atoms with Crippen molar-refractivity contribution in [2.24, 2.45) is 23.5 Å². The van der Waals surface area contributed by atoms with Gasteiger partial charge in [-0.15, -0.1) is 0 Å². The van der Waals surface area contributed by atoms with E-state index in [1.807, 2.05) is 0 Å². The normalized spacial score (nSPS) is 50.0. The standard InChI is InChI=1S/C15H29N3/c1-10-7-18(8-11(2)17(10)3)9-14-12-4-5-13(6-12)15(14)16/h10-15H,4-9,16H2,1-3H3. The Kier molecular flexibility index (Phi) is 3.41. The third kappa shape index (κ3) is 2.10. The Balaban J connectivity index is 1.60. The average Bonchev–Trinajstić information content (AvgIpc) is 2.90. The van der Waals surface area contributed by atoms with Crippen molar-refractivity contribution in [3.63, 3.8) is 0 Å². The van der Waals surface area contributed by atoms with Crippen LogP contribution in [0.25, 0.3) is 0 Å². The summed E-state index contributed by atoms with van der Waals surface area (Å²) in [5, 5.41) is 0. The van der Waals surface area contributed by atoms with Crippen LogP contribution < -0.4 is 5.73 Å². The molecule has 6 unspecified atom stereocenters. The zero-order chi connectivity index (χ0) is 12.9. The number of fused-ring (bicyclic) bond motifs is 2. The van der Waals surface area contributed by atoms with Gasteiger partial charge in [-0.25, -0.2) is 0 Å². The second kappa shape index (κ2) is 4.77. The fourth-order valence-electron chi connectivity index (χ4n) is 4.69. The number of nitrogens with two attached hydrogens (primary N) is 1. The lowest BCUT2D eigenvalue weighted by molar-refractivity contribution is 0.0420. The maximum atomic E-state index is 6.44. The van der Waals surface area contributed by atoms with Crippen LogP contribution in [0.1, 0.15) is 33.1 Å². The summed E-state index contributed by atoms with van der Waals surface area (Å²) in [5.74, 6) is 2.57. The molecule has 0 radical (unpaired) electrons. The monoisotopic (exact) mass is 251 g/mol. The first-order valence-electron chi connectivity index (χ1n) is 7.76. The van der Waals surface area contributed by atoms with Gasteiger partial charge in [0.15, 0.2) is 0 Å². The summed E-state index contributed by atoms with van der Waals surface area (Å²) in [5.41, 5.74) is 6.44. The zero-order valence-electron chi connectivity index (χ0n) is 12.2. The molecule has 2 N–H and O–H groups in total. The van der Waals surface area contributed by atoms with Crippen LogP contribution in [0.5, 0.6) is 0 Å². The minimum absolute atomic E-state index is 0.494. The van der Waals surface area contributed by atoms with Crippen molar-refractivity contribution in [2.75, 3.05) is 26.7 Å². The van der Waals surface area contributed by atoms with E-state index < -0.39 is 0 Å². The summed E-state index contributed by atoms with van der Waals surface area (Å²) < 4.78 is 0. The largest absolute Gasteiger partial charge is 0.327 e. The summed E-state index contributed by atoms with van der Waals surface area (Å²) >= 11 is 0. The van der Waals surface area contributed by atoms with E-state index in [-0.39, 0.29) is 0 Å². The molecular formula is C15H29N3. The van der Waals surface area contributed by atoms with Gasteiger partial charge in [0.1, 0.15) is 0 Å². The molecule has 6 atom stereocenters. The van der Waals surface area contributed by atoms with Crippen molar-refractivity contribution in [3.05, 3.63) is 0 Å². The molecule has 3 aliphatic rings. The number of piperazine rings is 1. The lowest BCUT2D eigenvalue weighted by atomic mass is 9.84. The van der Waals surface area contributed by atoms with Gasteiger partial charge in [0, 0.05) is 37.8 Å². The molecule has 0 amide bonds.